The summed E-state index contributed by atoms with van der Waals surface area (Å²) in [5.74, 6) is -0.413. The van der Waals surface area contributed by atoms with E-state index in [4.69, 9.17) is 15.4 Å². The van der Waals surface area contributed by atoms with Crippen LogP contribution in [0.25, 0.3) is 0 Å². The van der Waals surface area contributed by atoms with Crippen LogP contribution in [0.2, 0.25) is 0 Å². The Hall–Kier alpha value is -1.93. The van der Waals surface area contributed by atoms with Crippen molar-refractivity contribution in [3.63, 3.8) is 0 Å². The van der Waals surface area contributed by atoms with Crippen molar-refractivity contribution in [1.82, 2.24) is 10.1 Å². The molecule has 0 amide bonds. The van der Waals surface area contributed by atoms with E-state index in [0.717, 1.165) is 5.69 Å². The van der Waals surface area contributed by atoms with E-state index in [1.165, 1.54) is 11.3 Å². The molecule has 2 aromatic heterocycles. The van der Waals surface area contributed by atoms with E-state index >= 15 is 0 Å². The van der Waals surface area contributed by atoms with Gasteiger partial charge in [-0.3, -0.25) is 4.79 Å². The standard InChI is InChI=1S/C10H12N4O3S/c1-5-2-6(17-14-5)3-12-10-13-7(4-18-10)8(11)9(15)16/h2,4,8H,3,11H2,1H3,(H,12,13)(H,15,16). The molecule has 0 aliphatic carbocycles. The van der Waals surface area contributed by atoms with Crippen molar-refractivity contribution in [2.45, 2.75) is 19.5 Å². The smallest absolute Gasteiger partial charge is 0.326 e. The van der Waals surface area contributed by atoms with Crippen LogP contribution < -0.4 is 11.1 Å². The van der Waals surface area contributed by atoms with E-state index in [0.29, 0.717) is 23.1 Å². The predicted molar refractivity (Wildman–Crippen MR) is 65.2 cm³/mol. The average molecular weight is 268 g/mol. The van der Waals surface area contributed by atoms with Gasteiger partial charge in [-0.05, 0) is 6.92 Å². The highest BCUT2D eigenvalue weighted by atomic mass is 32.1. The van der Waals surface area contributed by atoms with Crippen LogP contribution in [0, 0.1) is 6.92 Å². The Labute approximate surface area is 107 Å². The molecule has 0 saturated heterocycles. The molecule has 2 heterocycles. The van der Waals surface area contributed by atoms with E-state index in [2.05, 4.69) is 15.5 Å². The summed E-state index contributed by atoms with van der Waals surface area (Å²) in [4.78, 5) is 14.8. The Kier molecular flexibility index (Phi) is 3.58. The zero-order valence-electron chi connectivity index (χ0n) is 9.58. The van der Waals surface area contributed by atoms with Crippen molar-refractivity contribution in [3.05, 3.63) is 28.6 Å². The van der Waals surface area contributed by atoms with Crippen LogP contribution in [0.5, 0.6) is 0 Å². The van der Waals surface area contributed by atoms with Gasteiger partial charge in [-0.15, -0.1) is 11.3 Å². The van der Waals surface area contributed by atoms with Gasteiger partial charge >= 0.3 is 5.97 Å². The van der Waals surface area contributed by atoms with Gasteiger partial charge < -0.3 is 20.7 Å². The maximum absolute atomic E-state index is 10.7. The molecule has 2 aromatic rings. The summed E-state index contributed by atoms with van der Waals surface area (Å²) in [6.45, 7) is 2.27. The van der Waals surface area contributed by atoms with Crippen LogP contribution in [0.1, 0.15) is 23.2 Å². The number of rotatable bonds is 5. The number of aryl methyl sites for hydroxylation is 1. The van der Waals surface area contributed by atoms with Gasteiger partial charge in [0.1, 0.15) is 6.04 Å². The lowest BCUT2D eigenvalue weighted by Crippen LogP contribution is -2.20. The van der Waals surface area contributed by atoms with Crippen LogP contribution in [0.15, 0.2) is 16.0 Å². The third-order valence-corrected chi connectivity index (χ3v) is 3.02. The monoisotopic (exact) mass is 268 g/mol. The van der Waals surface area contributed by atoms with Crippen LogP contribution in [0.4, 0.5) is 5.13 Å². The highest BCUT2D eigenvalue weighted by Gasteiger charge is 2.17. The largest absolute Gasteiger partial charge is 0.480 e. The molecule has 0 aliphatic rings. The fraction of sp³-hybridized carbons (Fsp3) is 0.300. The van der Waals surface area contributed by atoms with E-state index in [1.807, 2.05) is 13.0 Å². The van der Waals surface area contributed by atoms with E-state index in [9.17, 15) is 4.79 Å². The zero-order valence-corrected chi connectivity index (χ0v) is 10.4. The molecule has 0 radical (unpaired) electrons. The minimum Gasteiger partial charge on any atom is -0.480 e. The van der Waals surface area contributed by atoms with Gasteiger partial charge in [-0.25, -0.2) is 4.98 Å². The van der Waals surface area contributed by atoms with Crippen molar-refractivity contribution >= 4 is 22.4 Å². The Morgan fingerprint density at radius 2 is 2.50 bits per heavy atom. The van der Waals surface area contributed by atoms with Crippen molar-refractivity contribution < 1.29 is 14.4 Å². The molecule has 7 nitrogen and oxygen atoms in total. The summed E-state index contributed by atoms with van der Waals surface area (Å²) >= 11 is 1.29. The van der Waals surface area contributed by atoms with Crippen LogP contribution >= 0.6 is 11.3 Å². The maximum atomic E-state index is 10.7. The van der Waals surface area contributed by atoms with Gasteiger partial charge in [0.15, 0.2) is 10.9 Å². The molecule has 1 unspecified atom stereocenters. The Morgan fingerprint density at radius 1 is 1.72 bits per heavy atom. The van der Waals surface area contributed by atoms with E-state index in [-0.39, 0.29) is 0 Å². The normalized spacial score (nSPS) is 12.3. The summed E-state index contributed by atoms with van der Waals surface area (Å²) in [5.41, 5.74) is 6.59. The van der Waals surface area contributed by atoms with Crippen LogP contribution in [-0.4, -0.2) is 21.2 Å². The summed E-state index contributed by atoms with van der Waals surface area (Å²) in [6.07, 6.45) is 0. The second kappa shape index (κ2) is 5.15. The fourth-order valence-electron chi connectivity index (χ4n) is 1.30. The Bertz CT molecular complexity index is 551. The van der Waals surface area contributed by atoms with E-state index in [1.54, 1.807) is 5.38 Å². The third kappa shape index (κ3) is 2.84. The average Bonchev–Trinajstić information content (AvgIpc) is 2.94. The Morgan fingerprint density at radius 3 is 3.11 bits per heavy atom. The summed E-state index contributed by atoms with van der Waals surface area (Å²) in [5, 5.41) is 17.7. The molecular formula is C10H12N4O3S. The second-order valence-electron chi connectivity index (χ2n) is 3.68. The van der Waals surface area contributed by atoms with Crippen LogP contribution in [-0.2, 0) is 11.3 Å². The van der Waals surface area contributed by atoms with Crippen molar-refractivity contribution in [1.29, 1.82) is 0 Å². The van der Waals surface area contributed by atoms with Gasteiger partial charge in [0.05, 0.1) is 17.9 Å². The minimum absolute atomic E-state index is 0.337. The number of aliphatic carboxylic acids is 1. The second-order valence-corrected chi connectivity index (χ2v) is 4.54. The number of carboxylic acids is 1. The topological polar surface area (TPSA) is 114 Å². The lowest BCUT2D eigenvalue weighted by molar-refractivity contribution is -0.138. The number of hydrogen-bond donors (Lipinski definition) is 3. The molecule has 18 heavy (non-hydrogen) atoms. The van der Waals surface area contributed by atoms with Gasteiger partial charge in [0.25, 0.3) is 0 Å². The first-order chi connectivity index (χ1) is 8.56. The van der Waals surface area contributed by atoms with Gasteiger partial charge in [0, 0.05) is 11.4 Å². The third-order valence-electron chi connectivity index (χ3n) is 2.20. The van der Waals surface area contributed by atoms with Gasteiger partial charge in [0.2, 0.25) is 0 Å². The molecule has 4 N–H and O–H groups in total. The molecular weight excluding hydrogens is 256 g/mol. The lowest BCUT2D eigenvalue weighted by atomic mass is 10.2. The Balaban J connectivity index is 1.96. The molecule has 0 bridgehead atoms. The molecule has 2 rings (SSSR count). The fourth-order valence-corrected chi connectivity index (χ4v) is 2.04. The minimum atomic E-state index is -1.10. The predicted octanol–water partition coefficient (Wildman–Crippen LogP) is 1.14. The summed E-state index contributed by atoms with van der Waals surface area (Å²) < 4.78 is 5.02. The van der Waals surface area contributed by atoms with Crippen molar-refractivity contribution in [2.75, 3.05) is 5.32 Å². The number of nitrogens with one attached hydrogen (secondary N) is 1. The van der Waals surface area contributed by atoms with Gasteiger partial charge in [-0.2, -0.15) is 0 Å². The molecule has 0 aliphatic heterocycles. The summed E-state index contributed by atoms with van der Waals surface area (Å²) in [7, 11) is 0. The highest BCUT2D eigenvalue weighted by molar-refractivity contribution is 7.13. The maximum Gasteiger partial charge on any atom is 0.326 e. The molecule has 0 saturated carbocycles. The number of carbonyl (C=O) groups is 1. The molecule has 8 heteroatoms. The first-order valence-corrected chi connectivity index (χ1v) is 6.04. The number of carboxylic acid groups (broad SMARTS) is 1. The number of hydrogen-bond acceptors (Lipinski definition) is 7. The molecule has 0 fully saturated rings. The quantitative estimate of drug-likeness (QED) is 0.744. The molecule has 96 valence electrons. The highest BCUT2D eigenvalue weighted by Crippen LogP contribution is 2.20. The van der Waals surface area contributed by atoms with Crippen LogP contribution in [0.3, 0.4) is 0 Å². The SMILES string of the molecule is Cc1cc(CNc2nc(C(N)C(=O)O)cs2)on1. The first kappa shape index (κ1) is 12.5. The number of anilines is 1. The zero-order chi connectivity index (χ0) is 13.1. The number of nitrogens with two attached hydrogens (primary N) is 1. The first-order valence-electron chi connectivity index (χ1n) is 5.16. The number of nitrogens with zero attached hydrogens (tertiary/aromatic N) is 2. The van der Waals surface area contributed by atoms with Crippen molar-refractivity contribution in [2.24, 2.45) is 5.73 Å². The molecule has 1 atom stereocenters. The van der Waals surface area contributed by atoms with E-state index < -0.39 is 12.0 Å². The van der Waals surface area contributed by atoms with Gasteiger partial charge in [-0.1, -0.05) is 5.16 Å². The molecule has 0 aromatic carbocycles. The molecule has 0 spiro atoms. The van der Waals surface area contributed by atoms with Crippen molar-refractivity contribution in [3.8, 4) is 0 Å². The lowest BCUT2D eigenvalue weighted by Gasteiger charge is -2.01. The number of thiazole rings is 1. The number of aromatic nitrogens is 2. The summed E-state index contributed by atoms with van der Waals surface area (Å²) in [6, 6.07) is 0.717.